The lowest BCUT2D eigenvalue weighted by Crippen LogP contribution is -2.25. The Kier molecular flexibility index (Phi) is 5.41. The van der Waals surface area contributed by atoms with E-state index in [2.05, 4.69) is 10.6 Å². The molecule has 3 rings (SSSR count). The molecule has 1 saturated carbocycles. The molecule has 0 unspecified atom stereocenters. The SMILES string of the molecule is COc1ccc(OC)c(C(=O)NCc2ccc(C(=O)NC3CC3)cc2)c1. The van der Waals surface area contributed by atoms with Crippen LogP contribution in [0, 0.1) is 0 Å². The number of benzene rings is 2. The van der Waals surface area contributed by atoms with Crippen LogP contribution < -0.4 is 20.1 Å². The Balaban J connectivity index is 1.61. The molecule has 0 saturated heterocycles. The highest BCUT2D eigenvalue weighted by molar-refractivity contribution is 5.97. The molecule has 1 fully saturated rings. The number of ether oxygens (including phenoxy) is 2. The van der Waals surface area contributed by atoms with Gasteiger partial charge in [0.25, 0.3) is 11.8 Å². The van der Waals surface area contributed by atoms with Gasteiger partial charge in [0, 0.05) is 18.2 Å². The quantitative estimate of drug-likeness (QED) is 0.801. The summed E-state index contributed by atoms with van der Waals surface area (Å²) in [4.78, 5) is 24.4. The Bertz CT molecular complexity index is 798. The van der Waals surface area contributed by atoms with E-state index in [1.54, 1.807) is 37.4 Å². The molecule has 1 aliphatic carbocycles. The first-order chi connectivity index (χ1) is 12.6. The normalized spacial score (nSPS) is 13.0. The zero-order chi connectivity index (χ0) is 18.5. The van der Waals surface area contributed by atoms with Crippen molar-refractivity contribution >= 4 is 11.8 Å². The van der Waals surface area contributed by atoms with Crippen LogP contribution in [0.2, 0.25) is 0 Å². The number of carbonyl (C=O) groups is 2. The van der Waals surface area contributed by atoms with E-state index in [1.165, 1.54) is 7.11 Å². The van der Waals surface area contributed by atoms with E-state index in [4.69, 9.17) is 9.47 Å². The zero-order valence-corrected chi connectivity index (χ0v) is 14.9. The van der Waals surface area contributed by atoms with Gasteiger partial charge in [-0.05, 0) is 48.7 Å². The van der Waals surface area contributed by atoms with Crippen molar-refractivity contribution in [3.05, 3.63) is 59.2 Å². The second-order valence-corrected chi connectivity index (χ2v) is 6.19. The molecular weight excluding hydrogens is 332 g/mol. The maximum atomic E-state index is 12.5. The fourth-order valence-electron chi connectivity index (χ4n) is 2.54. The lowest BCUT2D eigenvalue weighted by molar-refractivity contribution is 0.0939. The maximum absolute atomic E-state index is 12.5. The van der Waals surface area contributed by atoms with Crippen molar-refractivity contribution in [3.63, 3.8) is 0 Å². The van der Waals surface area contributed by atoms with Crippen LogP contribution in [-0.4, -0.2) is 32.1 Å². The highest BCUT2D eigenvalue weighted by Crippen LogP contribution is 2.24. The Morgan fingerprint density at radius 1 is 1.00 bits per heavy atom. The first kappa shape index (κ1) is 17.8. The van der Waals surface area contributed by atoms with Crippen LogP contribution in [0.15, 0.2) is 42.5 Å². The summed E-state index contributed by atoms with van der Waals surface area (Å²) in [6, 6.07) is 12.6. The smallest absolute Gasteiger partial charge is 0.255 e. The predicted molar refractivity (Wildman–Crippen MR) is 97.6 cm³/mol. The number of hydrogen-bond acceptors (Lipinski definition) is 4. The van der Waals surface area contributed by atoms with Crippen molar-refractivity contribution in [1.82, 2.24) is 10.6 Å². The molecule has 6 nitrogen and oxygen atoms in total. The topological polar surface area (TPSA) is 76.7 Å². The molecule has 2 amide bonds. The monoisotopic (exact) mass is 354 g/mol. The van der Waals surface area contributed by atoms with Gasteiger partial charge in [-0.1, -0.05) is 12.1 Å². The molecule has 0 spiro atoms. The van der Waals surface area contributed by atoms with Gasteiger partial charge in [0.05, 0.1) is 19.8 Å². The van der Waals surface area contributed by atoms with Gasteiger partial charge in [0.1, 0.15) is 11.5 Å². The van der Waals surface area contributed by atoms with Crippen LogP contribution in [0.3, 0.4) is 0 Å². The number of amides is 2. The molecule has 2 N–H and O–H groups in total. The Morgan fingerprint density at radius 3 is 2.35 bits per heavy atom. The van der Waals surface area contributed by atoms with Crippen molar-refractivity contribution in [2.24, 2.45) is 0 Å². The largest absolute Gasteiger partial charge is 0.497 e. The van der Waals surface area contributed by atoms with E-state index in [0.717, 1.165) is 18.4 Å². The average Bonchev–Trinajstić information content (AvgIpc) is 3.49. The first-order valence-corrected chi connectivity index (χ1v) is 8.50. The third kappa shape index (κ3) is 4.33. The number of rotatable bonds is 7. The minimum absolute atomic E-state index is 0.0517. The van der Waals surface area contributed by atoms with E-state index < -0.39 is 0 Å². The van der Waals surface area contributed by atoms with Crippen molar-refractivity contribution in [2.75, 3.05) is 14.2 Å². The summed E-state index contributed by atoms with van der Waals surface area (Å²) < 4.78 is 10.4. The zero-order valence-electron chi connectivity index (χ0n) is 14.9. The second-order valence-electron chi connectivity index (χ2n) is 6.19. The van der Waals surface area contributed by atoms with Gasteiger partial charge in [-0.25, -0.2) is 0 Å². The number of methoxy groups -OCH3 is 2. The van der Waals surface area contributed by atoms with Gasteiger partial charge < -0.3 is 20.1 Å². The fourth-order valence-corrected chi connectivity index (χ4v) is 2.54. The average molecular weight is 354 g/mol. The van der Waals surface area contributed by atoms with Crippen LogP contribution in [0.25, 0.3) is 0 Å². The highest BCUT2D eigenvalue weighted by Gasteiger charge is 2.23. The minimum atomic E-state index is -0.253. The summed E-state index contributed by atoms with van der Waals surface area (Å²) in [5, 5.41) is 5.81. The van der Waals surface area contributed by atoms with Crippen molar-refractivity contribution in [3.8, 4) is 11.5 Å². The van der Waals surface area contributed by atoms with E-state index in [9.17, 15) is 9.59 Å². The molecule has 0 atom stereocenters. The Morgan fingerprint density at radius 2 is 1.73 bits per heavy atom. The van der Waals surface area contributed by atoms with Crippen molar-refractivity contribution < 1.29 is 19.1 Å². The summed E-state index contributed by atoms with van der Waals surface area (Å²) in [6.07, 6.45) is 2.12. The predicted octanol–water partition coefficient (Wildman–Crippen LogP) is 2.53. The van der Waals surface area contributed by atoms with E-state index in [1.807, 2.05) is 12.1 Å². The molecule has 2 aromatic carbocycles. The lowest BCUT2D eigenvalue weighted by atomic mass is 10.1. The molecular formula is C20H22N2O4. The van der Waals surface area contributed by atoms with Crippen LogP contribution >= 0.6 is 0 Å². The minimum Gasteiger partial charge on any atom is -0.497 e. The molecule has 0 aromatic heterocycles. The van der Waals surface area contributed by atoms with Crippen molar-refractivity contribution in [1.29, 1.82) is 0 Å². The number of hydrogen-bond donors (Lipinski definition) is 2. The van der Waals surface area contributed by atoms with E-state index in [-0.39, 0.29) is 11.8 Å². The Hall–Kier alpha value is -3.02. The molecule has 0 aliphatic heterocycles. The lowest BCUT2D eigenvalue weighted by Gasteiger charge is -2.11. The van der Waals surface area contributed by atoms with Crippen LogP contribution in [-0.2, 0) is 6.54 Å². The van der Waals surface area contributed by atoms with Gasteiger partial charge in [-0.3, -0.25) is 9.59 Å². The summed E-state index contributed by atoms with van der Waals surface area (Å²) in [6.45, 7) is 0.351. The van der Waals surface area contributed by atoms with E-state index in [0.29, 0.717) is 35.2 Å². The second kappa shape index (κ2) is 7.91. The molecule has 136 valence electrons. The molecule has 2 aromatic rings. The van der Waals surface area contributed by atoms with Gasteiger partial charge in [-0.2, -0.15) is 0 Å². The number of nitrogens with one attached hydrogen (secondary N) is 2. The molecule has 0 radical (unpaired) electrons. The maximum Gasteiger partial charge on any atom is 0.255 e. The molecule has 6 heteroatoms. The van der Waals surface area contributed by atoms with Gasteiger partial charge in [-0.15, -0.1) is 0 Å². The van der Waals surface area contributed by atoms with E-state index >= 15 is 0 Å². The first-order valence-electron chi connectivity index (χ1n) is 8.50. The third-order valence-corrected chi connectivity index (χ3v) is 4.23. The standard InChI is InChI=1S/C20H22N2O4/c1-25-16-9-10-18(26-2)17(11-16)20(24)21-12-13-3-5-14(6-4-13)19(23)22-15-7-8-15/h3-6,9-11,15H,7-8,12H2,1-2H3,(H,21,24)(H,22,23). The molecule has 1 aliphatic rings. The highest BCUT2D eigenvalue weighted by atomic mass is 16.5. The van der Waals surface area contributed by atoms with Gasteiger partial charge in [0.15, 0.2) is 0 Å². The summed E-state index contributed by atoms with van der Waals surface area (Å²) in [7, 11) is 3.06. The van der Waals surface area contributed by atoms with Gasteiger partial charge >= 0.3 is 0 Å². The van der Waals surface area contributed by atoms with Crippen LogP contribution in [0.4, 0.5) is 0 Å². The molecule has 26 heavy (non-hydrogen) atoms. The van der Waals surface area contributed by atoms with Crippen molar-refractivity contribution in [2.45, 2.75) is 25.4 Å². The van der Waals surface area contributed by atoms with Crippen LogP contribution in [0.5, 0.6) is 11.5 Å². The molecule has 0 bridgehead atoms. The summed E-state index contributed by atoms with van der Waals surface area (Å²) in [5.41, 5.74) is 1.94. The summed E-state index contributed by atoms with van der Waals surface area (Å²) >= 11 is 0. The summed E-state index contributed by atoms with van der Waals surface area (Å²) in [5.74, 6) is 0.762. The number of carbonyl (C=O) groups excluding carboxylic acids is 2. The van der Waals surface area contributed by atoms with Gasteiger partial charge in [0.2, 0.25) is 0 Å². The fraction of sp³-hybridized carbons (Fsp3) is 0.300. The molecule has 0 heterocycles. The Labute approximate surface area is 152 Å². The van der Waals surface area contributed by atoms with Crippen LogP contribution in [0.1, 0.15) is 39.1 Å². The third-order valence-electron chi connectivity index (χ3n) is 4.23.